The van der Waals surface area contributed by atoms with Crippen LogP contribution in [0, 0.1) is 6.92 Å². The number of anilines is 1. The normalized spacial score (nSPS) is 10.3. The zero-order valence-corrected chi connectivity index (χ0v) is 12.6. The maximum absolute atomic E-state index is 12.0. The molecule has 0 aromatic carbocycles. The summed E-state index contributed by atoms with van der Waals surface area (Å²) in [5, 5.41) is 15.7. The average molecular weight is 323 g/mol. The van der Waals surface area contributed by atoms with Gasteiger partial charge in [0.15, 0.2) is 0 Å². The number of aromatic nitrogens is 2. The predicted octanol–water partition coefficient (Wildman–Crippen LogP) is 1.38. The number of ether oxygens (including phenoxy) is 1. The first kappa shape index (κ1) is 15.7. The van der Waals surface area contributed by atoms with Crippen LogP contribution in [0.1, 0.15) is 25.7 Å². The van der Waals surface area contributed by atoms with Crippen molar-refractivity contribution >= 4 is 34.2 Å². The highest BCUT2D eigenvalue weighted by Gasteiger charge is 2.19. The second-order valence-electron chi connectivity index (χ2n) is 4.32. The molecule has 1 amide bonds. The van der Waals surface area contributed by atoms with Crippen molar-refractivity contribution in [3.63, 3.8) is 0 Å². The van der Waals surface area contributed by atoms with Gasteiger partial charge in [-0.1, -0.05) is 0 Å². The zero-order valence-electron chi connectivity index (χ0n) is 11.8. The number of amides is 1. The number of hydrogen-bond donors (Lipinski definition) is 2. The van der Waals surface area contributed by atoms with Crippen molar-refractivity contribution in [1.82, 2.24) is 9.78 Å². The van der Waals surface area contributed by atoms with Gasteiger partial charge in [0, 0.05) is 11.1 Å². The molecule has 0 aliphatic heterocycles. The summed E-state index contributed by atoms with van der Waals surface area (Å²) in [5.41, 5.74) is 0.169. The Hall–Kier alpha value is -2.68. The van der Waals surface area contributed by atoms with E-state index in [1.54, 1.807) is 13.0 Å². The summed E-state index contributed by atoms with van der Waals surface area (Å²) in [6.45, 7) is 1.52. The fraction of sp³-hybridized carbons (Fsp3) is 0.231. The van der Waals surface area contributed by atoms with Gasteiger partial charge in [0.25, 0.3) is 0 Å². The number of rotatable bonds is 5. The Bertz CT molecular complexity index is 734. The lowest BCUT2D eigenvalue weighted by Gasteiger charge is -2.06. The number of nitrogens with zero attached hydrogens (tertiary/aromatic N) is 2. The average Bonchev–Trinajstić information content (AvgIpc) is 3.04. The Labute approximate surface area is 129 Å². The number of methoxy groups -OCH3 is 1. The lowest BCUT2D eigenvalue weighted by Crippen LogP contribution is -2.22. The first-order chi connectivity index (χ1) is 10.4. The van der Waals surface area contributed by atoms with Gasteiger partial charge in [0.1, 0.15) is 17.2 Å². The Morgan fingerprint density at radius 3 is 2.82 bits per heavy atom. The predicted molar refractivity (Wildman–Crippen MR) is 78.2 cm³/mol. The second-order valence-corrected chi connectivity index (χ2v) is 5.58. The molecule has 0 fully saturated rings. The minimum Gasteiger partial charge on any atom is -0.477 e. The van der Waals surface area contributed by atoms with Crippen LogP contribution in [-0.4, -0.2) is 39.8 Å². The first-order valence-electron chi connectivity index (χ1n) is 6.16. The molecular formula is C13H13N3O5S. The molecule has 0 bridgehead atoms. The Kier molecular flexibility index (Phi) is 4.56. The van der Waals surface area contributed by atoms with E-state index in [2.05, 4.69) is 15.2 Å². The molecule has 0 aliphatic rings. The van der Waals surface area contributed by atoms with Gasteiger partial charge < -0.3 is 15.2 Å². The number of esters is 1. The van der Waals surface area contributed by atoms with Gasteiger partial charge >= 0.3 is 11.9 Å². The van der Waals surface area contributed by atoms with E-state index in [1.807, 2.05) is 0 Å². The molecule has 2 N–H and O–H groups in total. The van der Waals surface area contributed by atoms with Crippen molar-refractivity contribution < 1.29 is 24.2 Å². The van der Waals surface area contributed by atoms with Gasteiger partial charge in [-0.15, -0.1) is 11.3 Å². The SMILES string of the molecule is COC(=O)c1cc(C)sc1NC(=O)Cn1nccc1C(=O)O. The molecule has 2 aromatic rings. The number of aryl methyl sites for hydroxylation is 1. The van der Waals surface area contributed by atoms with Gasteiger partial charge in [-0.2, -0.15) is 5.10 Å². The van der Waals surface area contributed by atoms with Crippen LogP contribution >= 0.6 is 11.3 Å². The van der Waals surface area contributed by atoms with E-state index < -0.39 is 17.8 Å². The molecule has 9 heteroatoms. The number of carboxylic acids is 1. The van der Waals surface area contributed by atoms with Gasteiger partial charge in [0.2, 0.25) is 5.91 Å². The number of nitrogens with one attached hydrogen (secondary N) is 1. The molecular weight excluding hydrogens is 310 g/mol. The van der Waals surface area contributed by atoms with Gasteiger partial charge in [-0.3, -0.25) is 4.79 Å². The van der Waals surface area contributed by atoms with E-state index in [1.165, 1.54) is 30.7 Å². The Morgan fingerprint density at radius 1 is 1.45 bits per heavy atom. The van der Waals surface area contributed by atoms with Gasteiger partial charge in [-0.05, 0) is 19.1 Å². The molecule has 0 spiro atoms. The van der Waals surface area contributed by atoms with Gasteiger partial charge in [-0.25, -0.2) is 14.3 Å². The van der Waals surface area contributed by atoms with E-state index in [0.717, 1.165) is 9.56 Å². The molecule has 116 valence electrons. The van der Waals surface area contributed by atoms with Crippen LogP contribution in [-0.2, 0) is 16.1 Å². The standard InChI is InChI=1S/C13H13N3O5S/c1-7-5-8(13(20)21-2)11(22-7)15-10(17)6-16-9(12(18)19)3-4-14-16/h3-5H,6H2,1-2H3,(H,15,17)(H,18,19). The number of carbonyl (C=O) groups is 3. The van der Waals surface area contributed by atoms with E-state index in [0.29, 0.717) is 5.00 Å². The third-order valence-electron chi connectivity index (χ3n) is 2.74. The molecule has 2 heterocycles. The van der Waals surface area contributed by atoms with Crippen LogP contribution in [0.2, 0.25) is 0 Å². The highest BCUT2D eigenvalue weighted by molar-refractivity contribution is 7.16. The molecule has 0 radical (unpaired) electrons. The number of carbonyl (C=O) groups excluding carboxylic acids is 2. The highest BCUT2D eigenvalue weighted by Crippen LogP contribution is 2.28. The molecule has 2 rings (SSSR count). The molecule has 0 saturated carbocycles. The first-order valence-corrected chi connectivity index (χ1v) is 6.97. The third-order valence-corrected chi connectivity index (χ3v) is 3.71. The summed E-state index contributed by atoms with van der Waals surface area (Å²) < 4.78 is 5.71. The molecule has 2 aromatic heterocycles. The molecule has 0 unspecified atom stereocenters. The number of carboxylic acid groups (broad SMARTS) is 1. The fourth-order valence-electron chi connectivity index (χ4n) is 1.81. The highest BCUT2D eigenvalue weighted by atomic mass is 32.1. The molecule has 0 aliphatic carbocycles. The van der Waals surface area contributed by atoms with Gasteiger partial charge in [0.05, 0.1) is 12.7 Å². The van der Waals surface area contributed by atoms with E-state index in [-0.39, 0.29) is 17.8 Å². The van der Waals surface area contributed by atoms with E-state index >= 15 is 0 Å². The van der Waals surface area contributed by atoms with Crippen LogP contribution in [0.4, 0.5) is 5.00 Å². The number of aromatic carboxylic acids is 1. The van der Waals surface area contributed by atoms with Crippen molar-refractivity contribution in [2.75, 3.05) is 12.4 Å². The second kappa shape index (κ2) is 6.39. The Balaban J connectivity index is 2.14. The molecule has 8 nitrogen and oxygen atoms in total. The summed E-state index contributed by atoms with van der Waals surface area (Å²) in [4.78, 5) is 35.4. The monoisotopic (exact) mass is 323 g/mol. The van der Waals surface area contributed by atoms with Crippen molar-refractivity contribution in [3.05, 3.63) is 34.5 Å². The summed E-state index contributed by atoms with van der Waals surface area (Å²) >= 11 is 1.23. The summed E-state index contributed by atoms with van der Waals surface area (Å²) in [6.07, 6.45) is 1.30. The van der Waals surface area contributed by atoms with E-state index in [4.69, 9.17) is 5.11 Å². The maximum atomic E-state index is 12.0. The minimum atomic E-state index is -1.17. The summed E-state index contributed by atoms with van der Waals surface area (Å²) in [6, 6.07) is 2.91. The van der Waals surface area contributed by atoms with Crippen LogP contribution in [0.5, 0.6) is 0 Å². The topological polar surface area (TPSA) is 111 Å². The minimum absolute atomic E-state index is 0.0919. The van der Waals surface area contributed by atoms with Crippen molar-refractivity contribution in [2.24, 2.45) is 0 Å². The fourth-order valence-corrected chi connectivity index (χ4v) is 2.73. The van der Waals surface area contributed by atoms with Crippen LogP contribution in [0.3, 0.4) is 0 Å². The molecule has 0 saturated heterocycles. The summed E-state index contributed by atoms with van der Waals surface area (Å²) in [5.74, 6) is -2.21. The Morgan fingerprint density at radius 2 is 2.18 bits per heavy atom. The lowest BCUT2D eigenvalue weighted by molar-refractivity contribution is -0.116. The van der Waals surface area contributed by atoms with Crippen molar-refractivity contribution in [1.29, 1.82) is 0 Å². The maximum Gasteiger partial charge on any atom is 0.354 e. The molecule has 22 heavy (non-hydrogen) atoms. The molecule has 0 atom stereocenters. The zero-order chi connectivity index (χ0) is 16.3. The number of thiophene rings is 1. The van der Waals surface area contributed by atoms with Crippen molar-refractivity contribution in [3.8, 4) is 0 Å². The smallest absolute Gasteiger partial charge is 0.354 e. The summed E-state index contributed by atoms with van der Waals surface area (Å²) in [7, 11) is 1.25. The third kappa shape index (κ3) is 3.31. The van der Waals surface area contributed by atoms with Crippen molar-refractivity contribution in [2.45, 2.75) is 13.5 Å². The lowest BCUT2D eigenvalue weighted by atomic mass is 10.3. The van der Waals surface area contributed by atoms with Crippen LogP contribution < -0.4 is 5.32 Å². The van der Waals surface area contributed by atoms with Crippen LogP contribution in [0.15, 0.2) is 18.3 Å². The number of hydrogen-bond acceptors (Lipinski definition) is 6. The van der Waals surface area contributed by atoms with Crippen LogP contribution in [0.25, 0.3) is 0 Å². The van der Waals surface area contributed by atoms with E-state index in [9.17, 15) is 14.4 Å². The quantitative estimate of drug-likeness (QED) is 0.804. The largest absolute Gasteiger partial charge is 0.477 e.